The van der Waals surface area contributed by atoms with Crippen LogP contribution in [0, 0.1) is 0 Å². The van der Waals surface area contributed by atoms with Crippen LogP contribution in [0.1, 0.15) is 26.2 Å². The van der Waals surface area contributed by atoms with Crippen molar-refractivity contribution >= 4 is 17.7 Å². The summed E-state index contributed by atoms with van der Waals surface area (Å²) in [5.41, 5.74) is 0. The fraction of sp³-hybridized carbons (Fsp3) is 0.900. The number of aliphatic hydroxyl groups is 1. The molecule has 0 heterocycles. The first-order valence-corrected chi connectivity index (χ1v) is 6.38. The molecule has 0 aliphatic rings. The smallest absolute Gasteiger partial charge is 0.222 e. The largest absolute Gasteiger partial charge is 0.396 e. The molecule has 1 atom stereocenters. The number of hydrogen-bond acceptors (Lipinski definition) is 3. The minimum Gasteiger partial charge on any atom is -0.396 e. The fourth-order valence-electron chi connectivity index (χ4n) is 1.16. The van der Waals surface area contributed by atoms with Gasteiger partial charge in [-0.2, -0.15) is 11.8 Å². The van der Waals surface area contributed by atoms with Crippen LogP contribution >= 0.6 is 11.8 Å². The summed E-state index contributed by atoms with van der Waals surface area (Å²) in [7, 11) is 1.85. The summed E-state index contributed by atoms with van der Waals surface area (Å²) < 4.78 is 0. The third kappa shape index (κ3) is 5.50. The molecule has 1 amide bonds. The molecule has 0 spiro atoms. The quantitative estimate of drug-likeness (QED) is 0.657. The molecule has 3 nitrogen and oxygen atoms in total. The number of thioether (sulfide) groups is 1. The molecule has 0 aromatic rings. The molecule has 84 valence electrons. The number of unbranched alkanes of at least 4 members (excludes halogenated alkanes) is 1. The van der Waals surface area contributed by atoms with Crippen molar-refractivity contribution < 1.29 is 9.90 Å². The van der Waals surface area contributed by atoms with Gasteiger partial charge in [0.15, 0.2) is 0 Å². The van der Waals surface area contributed by atoms with E-state index in [2.05, 4.69) is 6.92 Å². The highest BCUT2D eigenvalue weighted by Crippen LogP contribution is 2.07. The predicted molar refractivity (Wildman–Crippen MR) is 61.6 cm³/mol. The van der Waals surface area contributed by atoms with Gasteiger partial charge < -0.3 is 10.0 Å². The summed E-state index contributed by atoms with van der Waals surface area (Å²) in [4.78, 5) is 13.4. The standard InChI is InChI=1S/C10H21NO2S/c1-9(8-14-3)11(2)10(13)6-4-5-7-12/h9,12H,4-8H2,1-3H3. The molecule has 0 aliphatic carbocycles. The molecule has 0 aromatic heterocycles. The van der Waals surface area contributed by atoms with E-state index in [-0.39, 0.29) is 12.5 Å². The van der Waals surface area contributed by atoms with Crippen molar-refractivity contribution in [2.24, 2.45) is 0 Å². The van der Waals surface area contributed by atoms with Gasteiger partial charge in [0.25, 0.3) is 0 Å². The van der Waals surface area contributed by atoms with Crippen LogP contribution in [0.2, 0.25) is 0 Å². The van der Waals surface area contributed by atoms with Crippen molar-refractivity contribution in [3.63, 3.8) is 0 Å². The van der Waals surface area contributed by atoms with Crippen LogP contribution in [-0.2, 0) is 4.79 Å². The molecule has 0 fully saturated rings. The van der Waals surface area contributed by atoms with Crippen LogP contribution in [0.15, 0.2) is 0 Å². The van der Waals surface area contributed by atoms with Gasteiger partial charge in [0.05, 0.1) is 0 Å². The fourth-order valence-corrected chi connectivity index (χ4v) is 1.87. The van der Waals surface area contributed by atoms with Gasteiger partial charge in [0.2, 0.25) is 5.91 Å². The topological polar surface area (TPSA) is 40.5 Å². The third-order valence-corrected chi connectivity index (χ3v) is 3.08. The Morgan fingerprint density at radius 1 is 1.50 bits per heavy atom. The monoisotopic (exact) mass is 219 g/mol. The first-order valence-electron chi connectivity index (χ1n) is 4.99. The molecule has 0 saturated carbocycles. The molecule has 1 unspecified atom stereocenters. The summed E-state index contributed by atoms with van der Waals surface area (Å²) >= 11 is 1.75. The van der Waals surface area contributed by atoms with Crippen molar-refractivity contribution in [2.45, 2.75) is 32.2 Å². The van der Waals surface area contributed by atoms with Crippen molar-refractivity contribution in [3.05, 3.63) is 0 Å². The first-order chi connectivity index (χ1) is 6.63. The Labute approximate surface area is 90.9 Å². The number of nitrogens with zero attached hydrogens (tertiary/aromatic N) is 1. The zero-order valence-corrected chi connectivity index (χ0v) is 10.1. The van der Waals surface area contributed by atoms with Gasteiger partial charge in [-0.1, -0.05) is 0 Å². The molecule has 14 heavy (non-hydrogen) atoms. The summed E-state index contributed by atoms with van der Waals surface area (Å²) in [6, 6.07) is 0.298. The molecular weight excluding hydrogens is 198 g/mol. The van der Waals surface area contributed by atoms with Gasteiger partial charge in [0, 0.05) is 31.9 Å². The van der Waals surface area contributed by atoms with E-state index in [4.69, 9.17) is 5.11 Å². The SMILES string of the molecule is CSCC(C)N(C)C(=O)CCCCO. The second-order valence-corrected chi connectivity index (χ2v) is 4.40. The van der Waals surface area contributed by atoms with Gasteiger partial charge in [-0.15, -0.1) is 0 Å². The van der Waals surface area contributed by atoms with E-state index >= 15 is 0 Å². The van der Waals surface area contributed by atoms with Crippen molar-refractivity contribution in [1.29, 1.82) is 0 Å². The van der Waals surface area contributed by atoms with E-state index in [1.54, 1.807) is 16.7 Å². The Morgan fingerprint density at radius 2 is 2.14 bits per heavy atom. The number of aliphatic hydroxyl groups excluding tert-OH is 1. The van der Waals surface area contributed by atoms with E-state index in [1.165, 1.54) is 0 Å². The van der Waals surface area contributed by atoms with Gasteiger partial charge in [-0.3, -0.25) is 4.79 Å². The molecule has 0 aromatic carbocycles. The van der Waals surface area contributed by atoms with E-state index in [9.17, 15) is 4.79 Å². The zero-order valence-electron chi connectivity index (χ0n) is 9.32. The van der Waals surface area contributed by atoms with Crippen molar-refractivity contribution in [2.75, 3.05) is 25.7 Å². The summed E-state index contributed by atoms with van der Waals surface area (Å²) in [5, 5.41) is 8.58. The van der Waals surface area contributed by atoms with Crippen molar-refractivity contribution in [1.82, 2.24) is 4.90 Å². The van der Waals surface area contributed by atoms with Gasteiger partial charge in [-0.05, 0) is 26.0 Å². The highest BCUT2D eigenvalue weighted by atomic mass is 32.2. The number of hydrogen-bond donors (Lipinski definition) is 1. The van der Waals surface area contributed by atoms with Gasteiger partial charge >= 0.3 is 0 Å². The number of rotatable bonds is 7. The van der Waals surface area contributed by atoms with Crippen LogP contribution in [0.3, 0.4) is 0 Å². The Balaban J connectivity index is 3.74. The highest BCUT2D eigenvalue weighted by molar-refractivity contribution is 7.98. The summed E-state index contributed by atoms with van der Waals surface area (Å²) in [5.74, 6) is 1.16. The molecule has 0 saturated heterocycles. The zero-order chi connectivity index (χ0) is 11.0. The van der Waals surface area contributed by atoms with E-state index in [1.807, 2.05) is 13.3 Å². The molecule has 0 aliphatic heterocycles. The second-order valence-electron chi connectivity index (χ2n) is 3.49. The number of carbonyl (C=O) groups excluding carboxylic acids is 1. The van der Waals surface area contributed by atoms with E-state index < -0.39 is 0 Å². The number of amides is 1. The molecule has 0 bridgehead atoms. The van der Waals surface area contributed by atoms with Crippen LogP contribution < -0.4 is 0 Å². The maximum Gasteiger partial charge on any atom is 0.222 e. The van der Waals surface area contributed by atoms with E-state index in [0.717, 1.165) is 18.6 Å². The Kier molecular flexibility index (Phi) is 7.99. The lowest BCUT2D eigenvalue weighted by Crippen LogP contribution is -2.36. The minimum atomic E-state index is 0.178. The lowest BCUT2D eigenvalue weighted by molar-refractivity contribution is -0.131. The summed E-state index contributed by atoms with van der Waals surface area (Å²) in [6.07, 6.45) is 4.10. The molecule has 0 radical (unpaired) electrons. The lowest BCUT2D eigenvalue weighted by Gasteiger charge is -2.24. The maximum absolute atomic E-state index is 11.6. The molecule has 4 heteroatoms. The van der Waals surface area contributed by atoms with Crippen LogP contribution in [0.4, 0.5) is 0 Å². The van der Waals surface area contributed by atoms with Crippen molar-refractivity contribution in [3.8, 4) is 0 Å². The normalized spacial score (nSPS) is 12.6. The maximum atomic E-state index is 11.6. The second kappa shape index (κ2) is 8.12. The first kappa shape index (κ1) is 13.8. The van der Waals surface area contributed by atoms with Gasteiger partial charge in [-0.25, -0.2) is 0 Å². The summed E-state index contributed by atoms with van der Waals surface area (Å²) in [6.45, 7) is 2.23. The van der Waals surface area contributed by atoms with Crippen LogP contribution in [0.25, 0.3) is 0 Å². The molecule has 0 rings (SSSR count). The molecular formula is C10H21NO2S. The third-order valence-electron chi connectivity index (χ3n) is 2.26. The van der Waals surface area contributed by atoms with Gasteiger partial charge in [0.1, 0.15) is 0 Å². The average Bonchev–Trinajstić information content (AvgIpc) is 2.17. The van der Waals surface area contributed by atoms with E-state index in [0.29, 0.717) is 12.5 Å². The lowest BCUT2D eigenvalue weighted by atomic mass is 10.2. The van der Waals surface area contributed by atoms with Crippen LogP contribution in [0.5, 0.6) is 0 Å². The Hall–Kier alpha value is -0.220. The van der Waals surface area contributed by atoms with Crippen LogP contribution in [-0.4, -0.2) is 47.6 Å². The average molecular weight is 219 g/mol. The molecule has 1 N–H and O–H groups in total. The Bertz CT molecular complexity index is 164. The minimum absolute atomic E-state index is 0.178. The highest BCUT2D eigenvalue weighted by Gasteiger charge is 2.14. The number of carbonyl (C=O) groups is 1. The Morgan fingerprint density at radius 3 is 2.64 bits per heavy atom. The predicted octanol–water partition coefficient (Wildman–Crippen LogP) is 1.36.